The number of fused-ring (bicyclic) bond motifs is 1. The van der Waals surface area contributed by atoms with Gasteiger partial charge in [-0.3, -0.25) is 9.78 Å². The van der Waals surface area contributed by atoms with Gasteiger partial charge in [-0.2, -0.15) is 11.3 Å². The van der Waals surface area contributed by atoms with Gasteiger partial charge in [0.1, 0.15) is 0 Å². The Labute approximate surface area is 78.7 Å². The van der Waals surface area contributed by atoms with E-state index in [4.69, 9.17) is 5.11 Å². The van der Waals surface area contributed by atoms with Crippen LogP contribution in [-0.4, -0.2) is 16.1 Å². The second-order valence-corrected chi connectivity index (χ2v) is 3.45. The molecule has 0 aliphatic rings. The summed E-state index contributed by atoms with van der Waals surface area (Å²) in [6.45, 7) is 0. The smallest absolute Gasteiger partial charge is 0.309 e. The third-order valence-corrected chi connectivity index (χ3v) is 2.57. The predicted molar refractivity (Wildman–Crippen MR) is 51.0 cm³/mol. The van der Waals surface area contributed by atoms with Crippen molar-refractivity contribution in [1.82, 2.24) is 4.98 Å². The number of carboxylic acid groups (broad SMARTS) is 1. The van der Waals surface area contributed by atoms with E-state index in [-0.39, 0.29) is 6.42 Å². The SMILES string of the molecule is O=C(O)Cc1nccc2cscc12. The normalized spacial score (nSPS) is 10.5. The molecule has 0 aliphatic heterocycles. The molecular weight excluding hydrogens is 186 g/mol. The molecule has 0 aliphatic carbocycles. The first kappa shape index (κ1) is 8.19. The maximum absolute atomic E-state index is 10.5. The molecule has 1 N–H and O–H groups in total. The van der Waals surface area contributed by atoms with Crippen molar-refractivity contribution in [2.45, 2.75) is 6.42 Å². The number of carbonyl (C=O) groups is 1. The Morgan fingerprint density at radius 1 is 1.54 bits per heavy atom. The van der Waals surface area contributed by atoms with Crippen molar-refractivity contribution >= 4 is 28.1 Å². The lowest BCUT2D eigenvalue weighted by atomic mass is 10.2. The molecule has 4 heteroatoms. The average molecular weight is 193 g/mol. The summed E-state index contributed by atoms with van der Waals surface area (Å²) in [5, 5.41) is 14.6. The summed E-state index contributed by atoms with van der Waals surface area (Å²) in [7, 11) is 0. The van der Waals surface area contributed by atoms with Crippen LogP contribution in [0.2, 0.25) is 0 Å². The lowest BCUT2D eigenvalue weighted by Crippen LogP contribution is -2.02. The Hall–Kier alpha value is -1.42. The Morgan fingerprint density at radius 3 is 3.15 bits per heavy atom. The molecule has 0 saturated carbocycles. The van der Waals surface area contributed by atoms with Gasteiger partial charge in [0.15, 0.2) is 0 Å². The van der Waals surface area contributed by atoms with Crippen molar-refractivity contribution in [1.29, 1.82) is 0 Å². The molecule has 0 spiro atoms. The van der Waals surface area contributed by atoms with Crippen molar-refractivity contribution in [2.24, 2.45) is 0 Å². The molecule has 2 rings (SSSR count). The number of nitrogens with zero attached hydrogens (tertiary/aromatic N) is 1. The van der Waals surface area contributed by atoms with E-state index >= 15 is 0 Å². The summed E-state index contributed by atoms with van der Waals surface area (Å²) < 4.78 is 0. The number of thiophene rings is 1. The van der Waals surface area contributed by atoms with Gasteiger partial charge in [-0.25, -0.2) is 0 Å². The van der Waals surface area contributed by atoms with Crippen LogP contribution in [0.25, 0.3) is 10.8 Å². The van der Waals surface area contributed by atoms with E-state index in [0.29, 0.717) is 5.69 Å². The second-order valence-electron chi connectivity index (χ2n) is 2.70. The summed E-state index contributed by atoms with van der Waals surface area (Å²) in [5.41, 5.74) is 0.645. The maximum Gasteiger partial charge on any atom is 0.309 e. The number of pyridine rings is 1. The Bertz CT molecular complexity index is 450. The third kappa shape index (κ3) is 1.53. The van der Waals surface area contributed by atoms with Gasteiger partial charge < -0.3 is 5.11 Å². The monoisotopic (exact) mass is 193 g/mol. The van der Waals surface area contributed by atoms with Crippen LogP contribution in [0.15, 0.2) is 23.0 Å². The standard InChI is InChI=1S/C9H7NO2S/c11-9(12)3-8-7-5-13-4-6(7)1-2-10-8/h1-2,4-5H,3H2,(H,11,12). The highest BCUT2D eigenvalue weighted by molar-refractivity contribution is 7.09. The van der Waals surface area contributed by atoms with Crippen LogP contribution in [0, 0.1) is 0 Å². The molecule has 3 nitrogen and oxygen atoms in total. The van der Waals surface area contributed by atoms with Gasteiger partial charge >= 0.3 is 5.97 Å². The molecule has 66 valence electrons. The first-order valence-electron chi connectivity index (χ1n) is 3.79. The van der Waals surface area contributed by atoms with Gasteiger partial charge in [-0.1, -0.05) is 0 Å². The second kappa shape index (κ2) is 3.14. The van der Waals surface area contributed by atoms with Gasteiger partial charge in [-0.15, -0.1) is 0 Å². The van der Waals surface area contributed by atoms with Gasteiger partial charge in [0.05, 0.1) is 12.1 Å². The lowest BCUT2D eigenvalue weighted by Gasteiger charge is -1.97. The first-order chi connectivity index (χ1) is 6.27. The van der Waals surface area contributed by atoms with Gasteiger partial charge in [-0.05, 0) is 16.8 Å². The summed E-state index contributed by atoms with van der Waals surface area (Å²) >= 11 is 1.56. The molecule has 0 atom stereocenters. The van der Waals surface area contributed by atoms with Crippen LogP contribution >= 0.6 is 11.3 Å². The van der Waals surface area contributed by atoms with E-state index < -0.39 is 5.97 Å². The van der Waals surface area contributed by atoms with Crippen molar-refractivity contribution in [3.63, 3.8) is 0 Å². The van der Waals surface area contributed by atoms with Crippen LogP contribution in [0.4, 0.5) is 0 Å². The summed E-state index contributed by atoms with van der Waals surface area (Å²) in [6.07, 6.45) is 1.64. The molecular formula is C9H7NO2S. The minimum Gasteiger partial charge on any atom is -0.481 e. The molecule has 0 fully saturated rings. The molecule has 2 aromatic rings. The topological polar surface area (TPSA) is 50.2 Å². The van der Waals surface area contributed by atoms with Gasteiger partial charge in [0.2, 0.25) is 0 Å². The van der Waals surface area contributed by atoms with Gasteiger partial charge in [0, 0.05) is 17.0 Å². The molecule has 0 aromatic carbocycles. The number of hydrogen-bond donors (Lipinski definition) is 1. The average Bonchev–Trinajstić information content (AvgIpc) is 2.51. The van der Waals surface area contributed by atoms with E-state index in [9.17, 15) is 4.79 Å². The zero-order valence-corrected chi connectivity index (χ0v) is 7.54. The van der Waals surface area contributed by atoms with E-state index in [1.54, 1.807) is 17.5 Å². The zero-order chi connectivity index (χ0) is 9.26. The van der Waals surface area contributed by atoms with Crippen LogP contribution in [0.3, 0.4) is 0 Å². The summed E-state index contributed by atoms with van der Waals surface area (Å²) in [4.78, 5) is 14.5. The molecule has 0 unspecified atom stereocenters. The molecule has 0 radical (unpaired) electrons. The molecule has 0 amide bonds. The summed E-state index contributed by atoms with van der Waals surface area (Å²) in [6, 6.07) is 1.89. The van der Waals surface area contributed by atoms with Crippen LogP contribution in [0.5, 0.6) is 0 Å². The largest absolute Gasteiger partial charge is 0.481 e. The van der Waals surface area contributed by atoms with Crippen LogP contribution in [0.1, 0.15) is 5.69 Å². The Kier molecular flexibility index (Phi) is 1.98. The maximum atomic E-state index is 10.5. The van der Waals surface area contributed by atoms with E-state index in [1.807, 2.05) is 16.8 Å². The number of hydrogen-bond acceptors (Lipinski definition) is 3. The highest BCUT2D eigenvalue weighted by atomic mass is 32.1. The fourth-order valence-corrected chi connectivity index (χ4v) is 2.06. The molecule has 2 heterocycles. The van der Waals surface area contributed by atoms with Crippen LogP contribution in [-0.2, 0) is 11.2 Å². The van der Waals surface area contributed by atoms with E-state index in [2.05, 4.69) is 4.98 Å². The van der Waals surface area contributed by atoms with Gasteiger partial charge in [0.25, 0.3) is 0 Å². The van der Waals surface area contributed by atoms with Crippen LogP contribution < -0.4 is 0 Å². The van der Waals surface area contributed by atoms with Crippen molar-refractivity contribution in [3.05, 3.63) is 28.7 Å². The van der Waals surface area contributed by atoms with E-state index in [0.717, 1.165) is 10.8 Å². The predicted octanol–water partition coefficient (Wildman–Crippen LogP) is 1.92. The van der Waals surface area contributed by atoms with Crippen molar-refractivity contribution < 1.29 is 9.90 Å². The van der Waals surface area contributed by atoms with Crippen molar-refractivity contribution in [2.75, 3.05) is 0 Å². The quantitative estimate of drug-likeness (QED) is 0.792. The first-order valence-corrected chi connectivity index (χ1v) is 4.73. The fourth-order valence-electron chi connectivity index (χ4n) is 1.23. The highest BCUT2D eigenvalue weighted by Gasteiger charge is 2.06. The van der Waals surface area contributed by atoms with Crippen molar-refractivity contribution in [3.8, 4) is 0 Å². The molecule has 2 aromatic heterocycles. The number of rotatable bonds is 2. The number of carboxylic acids is 1. The number of aliphatic carboxylic acids is 1. The third-order valence-electron chi connectivity index (χ3n) is 1.81. The molecule has 0 saturated heterocycles. The van der Waals surface area contributed by atoms with E-state index in [1.165, 1.54) is 0 Å². The number of aromatic nitrogens is 1. The minimum absolute atomic E-state index is 0.00588. The molecule has 13 heavy (non-hydrogen) atoms. The fraction of sp³-hybridized carbons (Fsp3) is 0.111. The highest BCUT2D eigenvalue weighted by Crippen LogP contribution is 2.21. The Morgan fingerprint density at radius 2 is 2.38 bits per heavy atom. The summed E-state index contributed by atoms with van der Waals surface area (Å²) in [5.74, 6) is -0.841. The Balaban J connectivity index is 2.54. The molecule has 0 bridgehead atoms. The lowest BCUT2D eigenvalue weighted by molar-refractivity contribution is -0.136. The minimum atomic E-state index is -0.841. The zero-order valence-electron chi connectivity index (χ0n) is 6.73.